The fraction of sp³-hybridized carbons (Fsp3) is 0.444. The van der Waals surface area contributed by atoms with E-state index in [1.807, 2.05) is 6.07 Å². The van der Waals surface area contributed by atoms with E-state index in [1.54, 1.807) is 24.1 Å². The highest BCUT2D eigenvalue weighted by Gasteiger charge is 2.54. The number of carbonyl (C=O) groups is 1. The van der Waals surface area contributed by atoms with Crippen LogP contribution in [0.5, 0.6) is 0 Å². The number of oxazole rings is 1. The molecule has 1 aromatic carbocycles. The van der Waals surface area contributed by atoms with Gasteiger partial charge in [0.25, 0.3) is 5.91 Å². The van der Waals surface area contributed by atoms with Crippen molar-refractivity contribution in [3.63, 3.8) is 0 Å². The third kappa shape index (κ3) is 2.83. The molecule has 0 unspecified atom stereocenters. The monoisotopic (exact) mass is 346 g/mol. The summed E-state index contributed by atoms with van der Waals surface area (Å²) >= 11 is 0. The van der Waals surface area contributed by atoms with E-state index in [-0.39, 0.29) is 29.5 Å². The minimum absolute atomic E-state index is 0.0775. The Bertz CT molecular complexity index is 766. The number of carbonyl (C=O) groups excluding carboxylic acids is 1. The molecule has 3 heterocycles. The molecule has 0 saturated carbocycles. The molecule has 6 nitrogen and oxygen atoms in total. The fourth-order valence-corrected chi connectivity index (χ4v) is 3.89. The van der Waals surface area contributed by atoms with Crippen LogP contribution in [0.1, 0.15) is 28.5 Å². The van der Waals surface area contributed by atoms with Gasteiger partial charge in [-0.3, -0.25) is 4.79 Å². The summed E-state index contributed by atoms with van der Waals surface area (Å²) in [6.45, 7) is 1.32. The number of likely N-dealkylation sites (tertiary alicyclic amines) is 1. The zero-order chi connectivity index (χ0) is 17.4. The molecule has 1 aromatic heterocycles. The molecule has 0 bridgehead atoms. The van der Waals surface area contributed by atoms with E-state index < -0.39 is 5.60 Å². The topological polar surface area (TPSA) is 64.8 Å². The third-order valence-corrected chi connectivity index (χ3v) is 5.13. The highest BCUT2D eigenvalue weighted by Crippen LogP contribution is 2.43. The van der Waals surface area contributed by atoms with Gasteiger partial charge in [-0.1, -0.05) is 12.1 Å². The molecule has 2 aromatic rings. The predicted molar refractivity (Wildman–Crippen MR) is 85.6 cm³/mol. The van der Waals surface area contributed by atoms with Crippen LogP contribution in [-0.4, -0.2) is 54.3 Å². The van der Waals surface area contributed by atoms with Crippen LogP contribution < -0.4 is 0 Å². The first kappa shape index (κ1) is 16.2. The van der Waals surface area contributed by atoms with E-state index in [2.05, 4.69) is 4.98 Å². The summed E-state index contributed by atoms with van der Waals surface area (Å²) in [5.41, 5.74) is 0.327. The molecule has 3 atom stereocenters. The summed E-state index contributed by atoms with van der Waals surface area (Å²) in [6, 6.07) is 6.59. The van der Waals surface area contributed by atoms with E-state index in [9.17, 15) is 9.18 Å². The standard InChI is InChI=1S/C18H19FN2O4/c1-23-16-8-21(17(22)15-7-20-11-24-15)10-18(16)6-13(9-25-18)12-3-2-4-14(19)5-12/h2-5,7,11,13,16H,6,8-10H2,1H3/t13-,16+,18+/m0/s1. The number of hydrogen-bond acceptors (Lipinski definition) is 5. The summed E-state index contributed by atoms with van der Waals surface area (Å²) < 4.78 is 30.4. The molecular formula is C18H19FN2O4. The van der Waals surface area contributed by atoms with Gasteiger partial charge in [0, 0.05) is 13.0 Å². The SMILES string of the molecule is CO[C@@H]1CN(C(=O)c2cnco2)C[C@]12C[C@H](c1cccc(F)c1)CO2. The second-order valence-electron chi connectivity index (χ2n) is 6.61. The van der Waals surface area contributed by atoms with Gasteiger partial charge in [-0.15, -0.1) is 0 Å². The molecule has 0 aliphatic carbocycles. The van der Waals surface area contributed by atoms with E-state index in [0.717, 1.165) is 5.56 Å². The van der Waals surface area contributed by atoms with Crippen molar-refractivity contribution in [1.29, 1.82) is 0 Å². The zero-order valence-corrected chi connectivity index (χ0v) is 13.9. The molecule has 1 amide bonds. The summed E-state index contributed by atoms with van der Waals surface area (Å²) in [6.07, 6.45) is 3.08. The number of methoxy groups -OCH3 is 1. The van der Waals surface area contributed by atoms with Crippen molar-refractivity contribution in [1.82, 2.24) is 9.88 Å². The number of amides is 1. The van der Waals surface area contributed by atoms with Crippen molar-refractivity contribution in [2.24, 2.45) is 0 Å². The molecular weight excluding hydrogens is 327 g/mol. The van der Waals surface area contributed by atoms with E-state index in [0.29, 0.717) is 26.1 Å². The molecule has 2 fully saturated rings. The molecule has 0 radical (unpaired) electrons. The predicted octanol–water partition coefficient (Wildman–Crippen LogP) is 2.23. The maximum Gasteiger partial charge on any atom is 0.291 e. The lowest BCUT2D eigenvalue weighted by Gasteiger charge is -2.28. The first-order valence-electron chi connectivity index (χ1n) is 8.21. The van der Waals surface area contributed by atoms with Gasteiger partial charge < -0.3 is 18.8 Å². The molecule has 2 saturated heterocycles. The maximum absolute atomic E-state index is 13.5. The minimum atomic E-state index is -0.582. The van der Waals surface area contributed by atoms with Crippen LogP contribution in [0.4, 0.5) is 4.39 Å². The van der Waals surface area contributed by atoms with E-state index >= 15 is 0 Å². The van der Waals surface area contributed by atoms with E-state index in [1.165, 1.54) is 18.7 Å². The van der Waals surface area contributed by atoms with Crippen molar-refractivity contribution in [3.8, 4) is 0 Å². The van der Waals surface area contributed by atoms with Crippen LogP contribution >= 0.6 is 0 Å². The molecule has 1 spiro atoms. The second-order valence-corrected chi connectivity index (χ2v) is 6.61. The van der Waals surface area contributed by atoms with Crippen LogP contribution in [-0.2, 0) is 9.47 Å². The number of rotatable bonds is 3. The third-order valence-electron chi connectivity index (χ3n) is 5.13. The normalized spacial score (nSPS) is 28.8. The fourth-order valence-electron chi connectivity index (χ4n) is 3.89. The van der Waals surface area contributed by atoms with Gasteiger partial charge in [0.1, 0.15) is 17.5 Å². The number of hydrogen-bond donors (Lipinski definition) is 0. The Labute approximate surface area is 144 Å². The Balaban J connectivity index is 1.54. The van der Waals surface area contributed by atoms with Crippen molar-refractivity contribution < 1.29 is 23.1 Å². The average Bonchev–Trinajstić information content (AvgIpc) is 3.35. The first-order valence-corrected chi connectivity index (χ1v) is 8.21. The lowest BCUT2D eigenvalue weighted by atomic mass is 9.87. The van der Waals surface area contributed by atoms with Crippen molar-refractivity contribution >= 4 is 5.91 Å². The largest absolute Gasteiger partial charge is 0.438 e. The van der Waals surface area contributed by atoms with Gasteiger partial charge in [-0.25, -0.2) is 9.37 Å². The molecule has 7 heteroatoms. The Morgan fingerprint density at radius 3 is 3.08 bits per heavy atom. The first-order chi connectivity index (χ1) is 12.1. The lowest BCUT2D eigenvalue weighted by molar-refractivity contribution is -0.0755. The highest BCUT2D eigenvalue weighted by atomic mass is 19.1. The second kappa shape index (κ2) is 6.24. The minimum Gasteiger partial charge on any atom is -0.438 e. The van der Waals surface area contributed by atoms with Gasteiger partial charge in [-0.05, 0) is 24.1 Å². The Kier molecular flexibility index (Phi) is 4.05. The maximum atomic E-state index is 13.5. The van der Waals surface area contributed by atoms with Crippen molar-refractivity contribution in [2.45, 2.75) is 24.0 Å². The lowest BCUT2D eigenvalue weighted by Crippen LogP contribution is -2.42. The van der Waals surface area contributed by atoms with E-state index in [4.69, 9.17) is 13.9 Å². The molecule has 132 valence electrons. The molecule has 0 N–H and O–H groups in total. The summed E-state index contributed by atoms with van der Waals surface area (Å²) in [5.74, 6) is -0.204. The van der Waals surface area contributed by atoms with Crippen LogP contribution in [0, 0.1) is 5.82 Å². The van der Waals surface area contributed by atoms with Crippen LogP contribution in [0.3, 0.4) is 0 Å². The summed E-state index contributed by atoms with van der Waals surface area (Å²) in [4.78, 5) is 18.0. The number of benzene rings is 1. The Morgan fingerprint density at radius 2 is 2.36 bits per heavy atom. The smallest absolute Gasteiger partial charge is 0.291 e. The van der Waals surface area contributed by atoms with Crippen molar-refractivity contribution in [2.75, 3.05) is 26.8 Å². The summed E-state index contributed by atoms with van der Waals surface area (Å²) in [7, 11) is 1.62. The zero-order valence-electron chi connectivity index (χ0n) is 13.9. The number of nitrogens with zero attached hydrogens (tertiary/aromatic N) is 2. The van der Waals surface area contributed by atoms with Gasteiger partial charge in [0.2, 0.25) is 5.76 Å². The van der Waals surface area contributed by atoms with Gasteiger partial charge in [0.15, 0.2) is 6.39 Å². The van der Waals surface area contributed by atoms with Gasteiger partial charge >= 0.3 is 0 Å². The number of aromatic nitrogens is 1. The van der Waals surface area contributed by atoms with Crippen LogP contribution in [0.15, 0.2) is 41.3 Å². The van der Waals surface area contributed by atoms with Gasteiger partial charge in [-0.2, -0.15) is 0 Å². The van der Waals surface area contributed by atoms with Crippen LogP contribution in [0.2, 0.25) is 0 Å². The molecule has 2 aliphatic heterocycles. The number of ether oxygens (including phenoxy) is 2. The average molecular weight is 346 g/mol. The number of halogens is 1. The quantitative estimate of drug-likeness (QED) is 0.853. The van der Waals surface area contributed by atoms with Gasteiger partial charge in [0.05, 0.1) is 25.9 Å². The highest BCUT2D eigenvalue weighted by molar-refractivity contribution is 5.91. The Morgan fingerprint density at radius 1 is 1.48 bits per heavy atom. The molecule has 25 heavy (non-hydrogen) atoms. The van der Waals surface area contributed by atoms with Crippen LogP contribution in [0.25, 0.3) is 0 Å². The summed E-state index contributed by atoms with van der Waals surface area (Å²) in [5, 5.41) is 0. The van der Waals surface area contributed by atoms with Crippen molar-refractivity contribution in [3.05, 3.63) is 54.0 Å². The Hall–Kier alpha value is -2.25. The molecule has 2 aliphatic rings. The molecule has 4 rings (SSSR count).